The van der Waals surface area contributed by atoms with Crippen LogP contribution in [-0.4, -0.2) is 20.2 Å². The van der Waals surface area contributed by atoms with Crippen molar-refractivity contribution in [1.29, 1.82) is 0 Å². The number of methoxy groups -OCH3 is 1. The van der Waals surface area contributed by atoms with Gasteiger partial charge in [0, 0.05) is 11.5 Å². The fraction of sp³-hybridized carbons (Fsp3) is 0.208. The van der Waals surface area contributed by atoms with Crippen molar-refractivity contribution in [2.75, 3.05) is 7.11 Å². The summed E-state index contributed by atoms with van der Waals surface area (Å²) in [5.74, 6) is 0.883. The van der Waals surface area contributed by atoms with Crippen LogP contribution in [0.3, 0.4) is 0 Å². The molecule has 3 aromatic rings. The van der Waals surface area contributed by atoms with E-state index in [0.717, 1.165) is 12.2 Å². The molecule has 0 fully saturated rings. The zero-order valence-electron chi connectivity index (χ0n) is 16.6. The van der Waals surface area contributed by atoms with Gasteiger partial charge < -0.3 is 4.74 Å². The van der Waals surface area contributed by atoms with Gasteiger partial charge in [-0.15, -0.1) is 0 Å². The summed E-state index contributed by atoms with van der Waals surface area (Å²) in [7, 11) is -0.308. The number of hydrogen-bond donors (Lipinski definition) is 0. The second kappa shape index (κ2) is 8.36. The first-order chi connectivity index (χ1) is 13.1. The van der Waals surface area contributed by atoms with E-state index in [1.807, 2.05) is 12.3 Å². The average Bonchev–Trinajstić information content (AvgIpc) is 2.73. The van der Waals surface area contributed by atoms with Crippen molar-refractivity contribution in [3.63, 3.8) is 0 Å². The quantitative estimate of drug-likeness (QED) is 0.416. The molecule has 0 spiro atoms. The third kappa shape index (κ3) is 4.04. The fourth-order valence-electron chi connectivity index (χ4n) is 3.70. The largest absolute Gasteiger partial charge is 0.497 e. The Balaban J connectivity index is 2.27. The summed E-state index contributed by atoms with van der Waals surface area (Å²) in [6.07, 6.45) is 2.89. The van der Waals surface area contributed by atoms with Crippen molar-refractivity contribution >= 4 is 24.2 Å². The van der Waals surface area contributed by atoms with Gasteiger partial charge in [0.25, 0.3) is 0 Å². The van der Waals surface area contributed by atoms with Crippen LogP contribution in [0.1, 0.15) is 24.5 Å². The highest BCUT2D eigenvalue weighted by Gasteiger charge is 2.33. The highest BCUT2D eigenvalue weighted by atomic mass is 28.3. The Morgan fingerprint density at radius 1 is 0.852 bits per heavy atom. The highest BCUT2D eigenvalue weighted by molar-refractivity contribution is 7.05. The summed E-state index contributed by atoms with van der Waals surface area (Å²) in [6, 6.07) is 25.5. The smallest absolute Gasteiger partial charge is 0.136 e. The lowest BCUT2D eigenvalue weighted by atomic mass is 10.00. The summed E-state index contributed by atoms with van der Waals surface area (Å²) in [5, 5.41) is 2.65. The van der Waals surface area contributed by atoms with E-state index in [9.17, 15) is 0 Å². The number of nitrogens with zero attached hydrogens (tertiary/aromatic N) is 1. The van der Waals surface area contributed by atoms with Gasteiger partial charge in [-0.3, -0.25) is 4.98 Å². The third-order valence-electron chi connectivity index (χ3n) is 5.09. The number of ether oxygens (including phenoxy) is 1. The van der Waals surface area contributed by atoms with E-state index >= 15 is 0 Å². The van der Waals surface area contributed by atoms with Crippen LogP contribution < -0.4 is 10.1 Å². The maximum atomic E-state index is 5.37. The molecule has 0 aliphatic carbocycles. The summed E-state index contributed by atoms with van der Waals surface area (Å²) < 4.78 is 5.37. The van der Waals surface area contributed by atoms with Gasteiger partial charge >= 0.3 is 0 Å². The molecule has 0 saturated heterocycles. The van der Waals surface area contributed by atoms with Crippen molar-refractivity contribution < 1.29 is 4.74 Å². The monoisotopic (exact) mass is 373 g/mol. The molecule has 3 heteroatoms. The molecule has 3 rings (SSSR count). The number of benzene rings is 2. The summed E-state index contributed by atoms with van der Waals surface area (Å²) in [5.41, 5.74) is 3.96. The Hall–Kier alpha value is -2.65. The molecule has 0 aliphatic rings. The number of rotatable bonds is 6. The van der Waals surface area contributed by atoms with Crippen molar-refractivity contribution in [3.8, 4) is 5.75 Å². The van der Waals surface area contributed by atoms with Crippen molar-refractivity contribution in [1.82, 2.24) is 4.98 Å². The van der Waals surface area contributed by atoms with E-state index in [-0.39, 0.29) is 0 Å². The number of hydrogen-bond acceptors (Lipinski definition) is 2. The molecule has 1 heterocycles. The normalized spacial score (nSPS) is 12.4. The summed E-state index contributed by atoms with van der Waals surface area (Å²) >= 11 is 0. The summed E-state index contributed by atoms with van der Waals surface area (Å²) in [4.78, 5) is 4.74. The molecule has 0 unspecified atom stereocenters. The van der Waals surface area contributed by atoms with E-state index in [2.05, 4.69) is 86.7 Å². The molecular weight excluding hydrogens is 346 g/mol. The number of aromatic nitrogens is 1. The van der Waals surface area contributed by atoms with Crippen molar-refractivity contribution in [2.24, 2.45) is 0 Å². The Kier molecular flexibility index (Phi) is 5.92. The zero-order valence-corrected chi connectivity index (χ0v) is 17.6. The van der Waals surface area contributed by atoms with Crippen LogP contribution in [0.4, 0.5) is 0 Å². The van der Waals surface area contributed by atoms with Crippen molar-refractivity contribution in [2.45, 2.75) is 26.4 Å². The maximum Gasteiger partial charge on any atom is 0.136 e. The van der Waals surface area contributed by atoms with Gasteiger partial charge in [-0.25, -0.2) is 0 Å². The van der Waals surface area contributed by atoms with E-state index in [1.54, 1.807) is 7.11 Å². The third-order valence-corrected chi connectivity index (χ3v) is 8.50. The zero-order chi connectivity index (χ0) is 19.3. The minimum absolute atomic E-state index is 0.883. The van der Waals surface area contributed by atoms with Crippen molar-refractivity contribution in [3.05, 3.63) is 90.1 Å². The van der Waals surface area contributed by atoms with Crippen LogP contribution in [0.15, 0.2) is 79.0 Å². The van der Waals surface area contributed by atoms with E-state index in [1.165, 1.54) is 27.2 Å². The van der Waals surface area contributed by atoms with Gasteiger partial charge in [0.1, 0.15) is 13.8 Å². The van der Waals surface area contributed by atoms with Crippen LogP contribution in [0, 0.1) is 0 Å². The molecule has 0 radical (unpaired) electrons. The lowest BCUT2D eigenvalue weighted by Crippen LogP contribution is -2.45. The van der Waals surface area contributed by atoms with Gasteiger partial charge in [0.05, 0.1) is 7.11 Å². The van der Waals surface area contributed by atoms with Crippen LogP contribution >= 0.6 is 0 Å². The minimum atomic E-state index is -2.02. The van der Waals surface area contributed by atoms with Gasteiger partial charge in [0.15, 0.2) is 0 Å². The summed E-state index contributed by atoms with van der Waals surface area (Å²) in [6.45, 7) is 7.04. The van der Waals surface area contributed by atoms with Gasteiger partial charge in [-0.05, 0) is 52.6 Å². The SMILES string of the molecule is CC/C(=C(/c1ccc(OC)cc1)[Si](C)(C)c1ccccn1)c1ccccc1. The second-order valence-corrected chi connectivity index (χ2v) is 11.4. The van der Waals surface area contributed by atoms with Gasteiger partial charge in [-0.2, -0.15) is 0 Å². The molecule has 0 N–H and O–H groups in total. The van der Waals surface area contributed by atoms with E-state index < -0.39 is 8.07 Å². The van der Waals surface area contributed by atoms with Gasteiger partial charge in [0.2, 0.25) is 0 Å². The Morgan fingerprint density at radius 3 is 2.07 bits per heavy atom. The highest BCUT2D eigenvalue weighted by Crippen LogP contribution is 2.36. The molecule has 27 heavy (non-hydrogen) atoms. The lowest BCUT2D eigenvalue weighted by molar-refractivity contribution is 0.415. The first-order valence-corrected chi connectivity index (χ1v) is 12.4. The predicted octanol–water partition coefficient (Wildman–Crippen LogP) is 5.57. The minimum Gasteiger partial charge on any atom is -0.497 e. The predicted molar refractivity (Wildman–Crippen MR) is 118 cm³/mol. The molecule has 0 atom stereocenters. The number of pyridine rings is 1. The number of allylic oxidation sites excluding steroid dienone is 1. The van der Waals surface area contributed by atoms with Crippen LogP contribution in [-0.2, 0) is 0 Å². The van der Waals surface area contributed by atoms with Crippen LogP contribution in [0.5, 0.6) is 5.75 Å². The molecule has 0 aliphatic heterocycles. The molecule has 0 bridgehead atoms. The lowest BCUT2D eigenvalue weighted by Gasteiger charge is -2.29. The fourth-order valence-corrected chi connectivity index (χ4v) is 6.83. The molecule has 0 amide bonds. The molecule has 138 valence electrons. The molecule has 0 saturated carbocycles. The first-order valence-electron chi connectivity index (χ1n) is 9.43. The van der Waals surface area contributed by atoms with E-state index in [0.29, 0.717) is 0 Å². The average molecular weight is 374 g/mol. The maximum absolute atomic E-state index is 5.37. The Labute approximate surface area is 163 Å². The second-order valence-electron chi connectivity index (χ2n) is 7.14. The Bertz CT molecular complexity index is 900. The standard InChI is InChI=1S/C24H27NOSi/c1-5-22(19-11-7-6-8-12-19)24(20-14-16-21(26-2)17-15-20)27(3,4)23-13-9-10-18-25-23/h6-18H,5H2,1-4H3/b24-22+. The molecule has 1 aromatic heterocycles. The first kappa shape index (κ1) is 19.1. The molecule has 2 nitrogen and oxygen atoms in total. The molecule has 2 aromatic carbocycles. The Morgan fingerprint density at radius 2 is 1.52 bits per heavy atom. The van der Waals surface area contributed by atoms with E-state index in [4.69, 9.17) is 9.72 Å². The van der Waals surface area contributed by atoms with Crippen LogP contribution in [0.2, 0.25) is 13.1 Å². The molecular formula is C24H27NOSi. The topological polar surface area (TPSA) is 22.1 Å². The van der Waals surface area contributed by atoms with Crippen LogP contribution in [0.25, 0.3) is 10.8 Å². The van der Waals surface area contributed by atoms with Gasteiger partial charge in [-0.1, -0.05) is 68.5 Å².